The Hall–Kier alpha value is -1.62. The largest absolute Gasteiger partial charge is 0.392 e. The van der Waals surface area contributed by atoms with Gasteiger partial charge in [0.25, 0.3) is 5.69 Å². The number of nitrogens with zero attached hydrogens (tertiary/aromatic N) is 1. The number of rotatable bonds is 3. The Labute approximate surface area is 106 Å². The highest BCUT2D eigenvalue weighted by Gasteiger charge is 2.47. The lowest BCUT2D eigenvalue weighted by Gasteiger charge is -2.49. The van der Waals surface area contributed by atoms with Gasteiger partial charge in [0.2, 0.25) is 0 Å². The van der Waals surface area contributed by atoms with Gasteiger partial charge in [-0.2, -0.15) is 0 Å². The molecule has 1 aromatic carbocycles. The lowest BCUT2D eigenvalue weighted by Crippen LogP contribution is -2.56. The fraction of sp³-hybridized carbons (Fsp3) is 0.538. The molecule has 98 valence electrons. The summed E-state index contributed by atoms with van der Waals surface area (Å²) in [5, 5.41) is 23.7. The van der Waals surface area contributed by atoms with Crippen LogP contribution in [0.4, 0.5) is 11.4 Å². The molecule has 1 aliphatic carbocycles. The van der Waals surface area contributed by atoms with Gasteiger partial charge < -0.3 is 10.4 Å². The van der Waals surface area contributed by atoms with Crippen molar-refractivity contribution in [1.82, 2.24) is 0 Å². The third kappa shape index (κ3) is 2.06. The average Bonchev–Trinajstić information content (AvgIpc) is 2.28. The second-order valence-electron chi connectivity index (χ2n) is 5.53. The number of nitro benzene ring substituents is 1. The maximum atomic E-state index is 10.7. The molecule has 0 saturated heterocycles. The second kappa shape index (κ2) is 4.24. The molecule has 0 radical (unpaired) electrons. The number of anilines is 1. The van der Waals surface area contributed by atoms with Crippen molar-refractivity contribution in [3.8, 4) is 0 Å². The van der Waals surface area contributed by atoms with Crippen LogP contribution < -0.4 is 5.32 Å². The first kappa shape index (κ1) is 12.8. The molecular formula is C13H18N2O3. The molecule has 2 unspecified atom stereocenters. The fourth-order valence-corrected chi connectivity index (χ4v) is 2.30. The quantitative estimate of drug-likeness (QED) is 0.638. The summed E-state index contributed by atoms with van der Waals surface area (Å²) in [6.07, 6.45) is 0.428. The molecule has 18 heavy (non-hydrogen) atoms. The lowest BCUT2D eigenvalue weighted by molar-refractivity contribution is -0.385. The first-order valence-electron chi connectivity index (χ1n) is 6.02. The second-order valence-corrected chi connectivity index (χ2v) is 5.53. The molecule has 5 heteroatoms. The third-order valence-corrected chi connectivity index (χ3v) is 3.95. The van der Waals surface area contributed by atoms with Crippen molar-refractivity contribution < 1.29 is 10.0 Å². The minimum atomic E-state index is -0.379. The van der Waals surface area contributed by atoms with Crippen LogP contribution in [0, 0.1) is 22.5 Å². The van der Waals surface area contributed by atoms with E-state index in [0.29, 0.717) is 12.0 Å². The van der Waals surface area contributed by atoms with E-state index in [2.05, 4.69) is 5.32 Å². The molecular weight excluding hydrogens is 232 g/mol. The van der Waals surface area contributed by atoms with Gasteiger partial charge >= 0.3 is 0 Å². The molecule has 0 heterocycles. The zero-order chi connectivity index (χ0) is 13.5. The van der Waals surface area contributed by atoms with Crippen molar-refractivity contribution in [3.63, 3.8) is 0 Å². The Balaban J connectivity index is 2.12. The number of aryl methyl sites for hydroxylation is 1. The molecule has 5 nitrogen and oxygen atoms in total. The van der Waals surface area contributed by atoms with Gasteiger partial charge in [-0.3, -0.25) is 10.1 Å². The van der Waals surface area contributed by atoms with E-state index in [1.807, 2.05) is 13.8 Å². The first-order chi connectivity index (χ1) is 8.32. The Bertz CT molecular complexity index is 485. The first-order valence-corrected chi connectivity index (χ1v) is 6.02. The summed E-state index contributed by atoms with van der Waals surface area (Å²) in [6.45, 7) is 5.75. The van der Waals surface area contributed by atoms with Crippen LogP contribution in [0.2, 0.25) is 0 Å². The molecule has 2 N–H and O–H groups in total. The Morgan fingerprint density at radius 2 is 2.17 bits per heavy atom. The van der Waals surface area contributed by atoms with Crippen molar-refractivity contribution in [1.29, 1.82) is 0 Å². The minimum absolute atomic E-state index is 0.133. The van der Waals surface area contributed by atoms with E-state index >= 15 is 0 Å². The molecule has 1 aliphatic rings. The van der Waals surface area contributed by atoms with E-state index in [1.54, 1.807) is 19.1 Å². The summed E-state index contributed by atoms with van der Waals surface area (Å²) < 4.78 is 0. The van der Waals surface area contributed by atoms with Gasteiger partial charge in [0.1, 0.15) is 0 Å². The Morgan fingerprint density at radius 1 is 1.50 bits per heavy atom. The topological polar surface area (TPSA) is 75.4 Å². The number of hydrogen-bond donors (Lipinski definition) is 2. The van der Waals surface area contributed by atoms with Crippen molar-refractivity contribution >= 4 is 11.4 Å². The van der Waals surface area contributed by atoms with E-state index in [1.165, 1.54) is 6.07 Å². The van der Waals surface area contributed by atoms with Crippen molar-refractivity contribution in [3.05, 3.63) is 33.9 Å². The van der Waals surface area contributed by atoms with Crippen LogP contribution in [0.5, 0.6) is 0 Å². The summed E-state index contributed by atoms with van der Waals surface area (Å²) >= 11 is 0. The minimum Gasteiger partial charge on any atom is -0.392 e. The predicted octanol–water partition coefficient (Wildman–Crippen LogP) is 2.47. The van der Waals surface area contributed by atoms with Gasteiger partial charge in [0.15, 0.2) is 0 Å². The molecule has 0 bridgehead atoms. The summed E-state index contributed by atoms with van der Waals surface area (Å²) in [5.74, 6) is 0. The van der Waals surface area contributed by atoms with E-state index in [9.17, 15) is 15.2 Å². The SMILES string of the molecule is Cc1cc(NC2CC(O)C2(C)C)ccc1[N+](=O)[O-]. The van der Waals surface area contributed by atoms with Gasteiger partial charge in [-0.05, 0) is 25.5 Å². The normalized spacial score (nSPS) is 25.3. The summed E-state index contributed by atoms with van der Waals surface area (Å²) in [5.41, 5.74) is 1.48. The molecule has 0 aliphatic heterocycles. The third-order valence-electron chi connectivity index (χ3n) is 3.95. The highest BCUT2D eigenvalue weighted by atomic mass is 16.6. The maximum absolute atomic E-state index is 10.7. The van der Waals surface area contributed by atoms with Gasteiger partial charge in [-0.15, -0.1) is 0 Å². The van der Waals surface area contributed by atoms with Gasteiger partial charge in [0.05, 0.1) is 11.0 Å². The van der Waals surface area contributed by atoms with E-state index in [0.717, 1.165) is 5.69 Å². The van der Waals surface area contributed by atoms with Crippen LogP contribution >= 0.6 is 0 Å². The number of nitro groups is 1. The number of aliphatic hydroxyl groups excluding tert-OH is 1. The number of aliphatic hydroxyl groups is 1. The van der Waals surface area contributed by atoms with Crippen molar-refractivity contribution in [2.45, 2.75) is 39.3 Å². The van der Waals surface area contributed by atoms with E-state index < -0.39 is 0 Å². The predicted molar refractivity (Wildman–Crippen MR) is 69.6 cm³/mol. The molecule has 1 saturated carbocycles. The van der Waals surface area contributed by atoms with Gasteiger partial charge in [0, 0.05) is 28.8 Å². The Morgan fingerprint density at radius 3 is 2.61 bits per heavy atom. The van der Waals surface area contributed by atoms with E-state index in [-0.39, 0.29) is 28.2 Å². The molecule has 0 aromatic heterocycles. The smallest absolute Gasteiger partial charge is 0.272 e. The molecule has 0 spiro atoms. The van der Waals surface area contributed by atoms with Gasteiger partial charge in [-0.1, -0.05) is 13.8 Å². The van der Waals surface area contributed by atoms with Crippen LogP contribution in [0.1, 0.15) is 25.8 Å². The summed E-state index contributed by atoms with van der Waals surface area (Å²) in [7, 11) is 0. The number of nitrogens with one attached hydrogen (secondary N) is 1. The van der Waals surface area contributed by atoms with Crippen LogP contribution in [0.3, 0.4) is 0 Å². The van der Waals surface area contributed by atoms with Crippen LogP contribution in [0.25, 0.3) is 0 Å². The molecule has 2 atom stereocenters. The molecule has 1 fully saturated rings. The highest BCUT2D eigenvalue weighted by Crippen LogP contribution is 2.42. The Kier molecular flexibility index (Phi) is 3.02. The van der Waals surface area contributed by atoms with Crippen LogP contribution in [-0.2, 0) is 0 Å². The summed E-state index contributed by atoms with van der Waals surface area (Å²) in [4.78, 5) is 10.3. The monoisotopic (exact) mass is 250 g/mol. The highest BCUT2D eigenvalue weighted by molar-refractivity contribution is 5.54. The number of hydrogen-bond acceptors (Lipinski definition) is 4. The van der Waals surface area contributed by atoms with Crippen LogP contribution in [0.15, 0.2) is 18.2 Å². The van der Waals surface area contributed by atoms with E-state index in [4.69, 9.17) is 0 Å². The zero-order valence-electron chi connectivity index (χ0n) is 10.8. The van der Waals surface area contributed by atoms with Gasteiger partial charge in [-0.25, -0.2) is 0 Å². The van der Waals surface area contributed by atoms with Crippen molar-refractivity contribution in [2.24, 2.45) is 5.41 Å². The number of benzene rings is 1. The van der Waals surface area contributed by atoms with Crippen LogP contribution in [-0.4, -0.2) is 22.2 Å². The standard InChI is InChI=1S/C13H18N2O3/c1-8-6-9(4-5-10(8)15(17)18)14-11-7-12(16)13(11,2)3/h4-6,11-12,14,16H,7H2,1-3H3. The van der Waals surface area contributed by atoms with Crippen molar-refractivity contribution in [2.75, 3.05) is 5.32 Å². The average molecular weight is 250 g/mol. The molecule has 2 rings (SSSR count). The molecule has 1 aromatic rings. The maximum Gasteiger partial charge on any atom is 0.272 e. The lowest BCUT2D eigenvalue weighted by atomic mass is 9.64. The summed E-state index contributed by atoms with van der Waals surface area (Å²) in [6, 6.07) is 5.21. The molecule has 0 amide bonds. The zero-order valence-corrected chi connectivity index (χ0v) is 10.8. The fourth-order valence-electron chi connectivity index (χ4n) is 2.30.